The zero-order valence-electron chi connectivity index (χ0n) is 12.4. The van der Waals surface area contributed by atoms with Crippen molar-refractivity contribution in [3.8, 4) is 17.2 Å². The van der Waals surface area contributed by atoms with Crippen LogP contribution in [0.1, 0.15) is 36.5 Å². The lowest BCUT2D eigenvalue weighted by Gasteiger charge is -2.13. The molecule has 0 saturated carbocycles. The molecule has 106 valence electrons. The van der Waals surface area contributed by atoms with Crippen LogP contribution in [-0.4, -0.2) is 5.11 Å². The molecular formula is C18H22O2. The monoisotopic (exact) mass is 270 g/mol. The van der Waals surface area contributed by atoms with Gasteiger partial charge >= 0.3 is 0 Å². The summed E-state index contributed by atoms with van der Waals surface area (Å²) in [5.41, 5.74) is 3.29. The molecular weight excluding hydrogens is 248 g/mol. The van der Waals surface area contributed by atoms with Gasteiger partial charge in [-0.15, -0.1) is 0 Å². The molecule has 20 heavy (non-hydrogen) atoms. The van der Waals surface area contributed by atoms with E-state index >= 15 is 0 Å². The van der Waals surface area contributed by atoms with Crippen LogP contribution in [0.15, 0.2) is 36.4 Å². The Morgan fingerprint density at radius 3 is 2.35 bits per heavy atom. The number of para-hydroxylation sites is 1. The Bertz CT molecular complexity index is 568. The smallest absolute Gasteiger partial charge is 0.169 e. The van der Waals surface area contributed by atoms with Crippen molar-refractivity contribution in [3.63, 3.8) is 0 Å². The number of aromatic hydroxyl groups is 1. The standard InChI is InChI=1S/C18H22O2/c1-4-5-9-15-10-11-17(16(19)12-15)20-18-13(2)7-6-8-14(18)3/h6-8,10-12,19H,4-5,9H2,1-3H3. The molecule has 2 heteroatoms. The number of ether oxygens (including phenoxy) is 1. The molecule has 0 bridgehead atoms. The minimum Gasteiger partial charge on any atom is -0.504 e. The number of phenols is 1. The van der Waals surface area contributed by atoms with Crippen LogP contribution in [0.5, 0.6) is 17.2 Å². The predicted molar refractivity (Wildman–Crippen MR) is 82.7 cm³/mol. The SMILES string of the molecule is CCCCc1ccc(Oc2c(C)cccc2C)c(O)c1. The molecule has 0 atom stereocenters. The molecule has 0 spiro atoms. The number of hydrogen-bond donors (Lipinski definition) is 1. The molecule has 0 unspecified atom stereocenters. The first kappa shape index (κ1) is 14.4. The van der Waals surface area contributed by atoms with Crippen molar-refractivity contribution in [2.75, 3.05) is 0 Å². The summed E-state index contributed by atoms with van der Waals surface area (Å²) in [7, 11) is 0. The lowest BCUT2D eigenvalue weighted by Crippen LogP contribution is -1.92. The summed E-state index contributed by atoms with van der Waals surface area (Å²) in [6.07, 6.45) is 3.28. The van der Waals surface area contributed by atoms with Gasteiger partial charge in [0.1, 0.15) is 5.75 Å². The highest BCUT2D eigenvalue weighted by Gasteiger charge is 2.09. The quantitative estimate of drug-likeness (QED) is 0.814. The van der Waals surface area contributed by atoms with Crippen molar-refractivity contribution in [2.24, 2.45) is 0 Å². The Labute approximate surface area is 121 Å². The van der Waals surface area contributed by atoms with Crippen molar-refractivity contribution in [1.82, 2.24) is 0 Å². The van der Waals surface area contributed by atoms with E-state index in [1.807, 2.05) is 44.2 Å². The molecule has 0 aliphatic rings. The molecule has 0 heterocycles. The van der Waals surface area contributed by atoms with Crippen LogP contribution in [0.25, 0.3) is 0 Å². The summed E-state index contributed by atoms with van der Waals surface area (Å²) in [5, 5.41) is 10.1. The first-order valence-corrected chi connectivity index (χ1v) is 7.17. The maximum absolute atomic E-state index is 10.1. The second-order valence-electron chi connectivity index (χ2n) is 5.23. The van der Waals surface area contributed by atoms with Gasteiger partial charge in [0.15, 0.2) is 11.5 Å². The van der Waals surface area contributed by atoms with E-state index in [2.05, 4.69) is 6.92 Å². The molecule has 0 amide bonds. The molecule has 0 saturated heterocycles. The third kappa shape index (κ3) is 3.32. The second-order valence-corrected chi connectivity index (χ2v) is 5.23. The summed E-state index contributed by atoms with van der Waals surface area (Å²) < 4.78 is 5.88. The summed E-state index contributed by atoms with van der Waals surface area (Å²) in [6.45, 7) is 6.18. The van der Waals surface area contributed by atoms with Crippen LogP contribution in [0.2, 0.25) is 0 Å². The highest BCUT2D eigenvalue weighted by Crippen LogP contribution is 2.34. The number of phenolic OH excluding ortho intramolecular Hbond substituents is 1. The van der Waals surface area contributed by atoms with Gasteiger partial charge in [0, 0.05) is 0 Å². The molecule has 1 N–H and O–H groups in total. The van der Waals surface area contributed by atoms with Crippen molar-refractivity contribution in [2.45, 2.75) is 40.0 Å². The van der Waals surface area contributed by atoms with E-state index in [-0.39, 0.29) is 5.75 Å². The molecule has 2 aromatic rings. The average molecular weight is 270 g/mol. The average Bonchev–Trinajstić information content (AvgIpc) is 2.42. The van der Waals surface area contributed by atoms with E-state index in [0.29, 0.717) is 5.75 Å². The van der Waals surface area contributed by atoms with Gasteiger partial charge in [-0.3, -0.25) is 0 Å². The van der Waals surface area contributed by atoms with Crippen molar-refractivity contribution in [3.05, 3.63) is 53.1 Å². The normalized spacial score (nSPS) is 10.6. The summed E-state index contributed by atoms with van der Waals surface area (Å²) in [6, 6.07) is 11.7. The zero-order valence-corrected chi connectivity index (χ0v) is 12.4. The van der Waals surface area contributed by atoms with E-state index < -0.39 is 0 Å². The summed E-state index contributed by atoms with van der Waals surface area (Å²) in [4.78, 5) is 0. The van der Waals surface area contributed by atoms with Crippen LogP contribution < -0.4 is 4.74 Å². The lowest BCUT2D eigenvalue weighted by molar-refractivity contribution is 0.407. The van der Waals surface area contributed by atoms with Crippen molar-refractivity contribution >= 4 is 0 Å². The maximum atomic E-state index is 10.1. The Kier molecular flexibility index (Phi) is 4.67. The molecule has 0 aliphatic carbocycles. The topological polar surface area (TPSA) is 29.5 Å². The van der Waals surface area contributed by atoms with E-state index in [0.717, 1.165) is 41.7 Å². The fourth-order valence-corrected chi connectivity index (χ4v) is 2.26. The molecule has 0 aromatic heterocycles. The molecule has 2 aromatic carbocycles. The largest absolute Gasteiger partial charge is 0.504 e. The Hall–Kier alpha value is -1.96. The van der Waals surface area contributed by atoms with E-state index in [1.54, 1.807) is 6.07 Å². The Morgan fingerprint density at radius 2 is 1.75 bits per heavy atom. The first-order chi connectivity index (χ1) is 9.61. The minimum absolute atomic E-state index is 0.209. The number of aryl methyl sites for hydroxylation is 3. The molecule has 0 fully saturated rings. The van der Waals surface area contributed by atoms with Gasteiger partial charge in [-0.1, -0.05) is 37.6 Å². The van der Waals surface area contributed by atoms with Gasteiger partial charge in [0.25, 0.3) is 0 Å². The van der Waals surface area contributed by atoms with E-state index in [1.165, 1.54) is 0 Å². The fraction of sp³-hybridized carbons (Fsp3) is 0.333. The lowest BCUT2D eigenvalue weighted by atomic mass is 10.1. The van der Waals surface area contributed by atoms with Gasteiger partial charge in [0.2, 0.25) is 0 Å². The summed E-state index contributed by atoms with van der Waals surface area (Å²) >= 11 is 0. The van der Waals surface area contributed by atoms with Crippen LogP contribution in [-0.2, 0) is 6.42 Å². The van der Waals surface area contributed by atoms with Gasteiger partial charge in [-0.2, -0.15) is 0 Å². The fourth-order valence-electron chi connectivity index (χ4n) is 2.26. The number of benzene rings is 2. The Morgan fingerprint density at radius 1 is 1.05 bits per heavy atom. The zero-order chi connectivity index (χ0) is 14.5. The van der Waals surface area contributed by atoms with Crippen LogP contribution in [0.4, 0.5) is 0 Å². The van der Waals surface area contributed by atoms with Gasteiger partial charge in [-0.05, 0) is 55.5 Å². The van der Waals surface area contributed by atoms with Crippen molar-refractivity contribution < 1.29 is 9.84 Å². The number of rotatable bonds is 5. The molecule has 2 rings (SSSR count). The maximum Gasteiger partial charge on any atom is 0.169 e. The van der Waals surface area contributed by atoms with E-state index in [9.17, 15) is 5.11 Å². The molecule has 0 aliphatic heterocycles. The van der Waals surface area contributed by atoms with Crippen LogP contribution in [0, 0.1) is 13.8 Å². The Balaban J connectivity index is 2.22. The molecule has 0 radical (unpaired) electrons. The third-order valence-corrected chi connectivity index (χ3v) is 3.46. The van der Waals surface area contributed by atoms with Gasteiger partial charge < -0.3 is 9.84 Å². The van der Waals surface area contributed by atoms with Gasteiger partial charge in [-0.25, -0.2) is 0 Å². The third-order valence-electron chi connectivity index (χ3n) is 3.46. The minimum atomic E-state index is 0.209. The first-order valence-electron chi connectivity index (χ1n) is 7.17. The van der Waals surface area contributed by atoms with Gasteiger partial charge in [0.05, 0.1) is 0 Å². The highest BCUT2D eigenvalue weighted by molar-refractivity contribution is 5.48. The predicted octanol–water partition coefficient (Wildman–Crippen LogP) is 5.14. The van der Waals surface area contributed by atoms with Crippen LogP contribution in [0.3, 0.4) is 0 Å². The highest BCUT2D eigenvalue weighted by atomic mass is 16.5. The number of hydrogen-bond acceptors (Lipinski definition) is 2. The number of unbranched alkanes of at least 4 members (excludes halogenated alkanes) is 1. The molecule has 2 nitrogen and oxygen atoms in total. The van der Waals surface area contributed by atoms with Crippen LogP contribution >= 0.6 is 0 Å². The second kappa shape index (κ2) is 6.47. The van der Waals surface area contributed by atoms with Crippen molar-refractivity contribution in [1.29, 1.82) is 0 Å². The van der Waals surface area contributed by atoms with E-state index in [4.69, 9.17) is 4.74 Å². The summed E-state index contributed by atoms with van der Waals surface area (Å²) in [5.74, 6) is 1.55.